The molecule has 0 unspecified atom stereocenters. The third-order valence-electron chi connectivity index (χ3n) is 2.62. The van der Waals surface area contributed by atoms with Crippen LogP contribution in [0.3, 0.4) is 0 Å². The number of nitrogens with one attached hydrogen (secondary N) is 1. The number of fused-ring (bicyclic) bond motifs is 1. The van der Waals surface area contributed by atoms with Crippen LogP contribution < -0.4 is 5.32 Å². The monoisotopic (exact) mass is 257 g/mol. The van der Waals surface area contributed by atoms with E-state index in [4.69, 9.17) is 0 Å². The largest absolute Gasteiger partial charge is 0.321 e. The lowest BCUT2D eigenvalue weighted by Gasteiger charge is -2.02. The van der Waals surface area contributed by atoms with Crippen molar-refractivity contribution < 1.29 is 4.79 Å². The van der Waals surface area contributed by atoms with E-state index >= 15 is 0 Å². The fourth-order valence-electron chi connectivity index (χ4n) is 1.82. The van der Waals surface area contributed by atoms with Crippen molar-refractivity contribution in [2.24, 2.45) is 7.05 Å². The minimum Gasteiger partial charge on any atom is -0.321 e. The van der Waals surface area contributed by atoms with Crippen LogP contribution in [0.1, 0.15) is 9.67 Å². The lowest BCUT2D eigenvalue weighted by atomic mass is 10.2. The fraction of sp³-hybridized carbons (Fsp3) is 0.0769. The normalized spacial score (nSPS) is 10.7. The average Bonchev–Trinajstić information content (AvgIpc) is 2.95. The van der Waals surface area contributed by atoms with Crippen LogP contribution in [0.2, 0.25) is 0 Å². The molecule has 90 valence electrons. The van der Waals surface area contributed by atoms with Gasteiger partial charge in [0.15, 0.2) is 0 Å². The third-order valence-corrected chi connectivity index (χ3v) is 3.49. The highest BCUT2D eigenvalue weighted by Crippen LogP contribution is 2.19. The molecule has 0 fully saturated rings. The Hall–Kier alpha value is -2.14. The van der Waals surface area contributed by atoms with Gasteiger partial charge in [-0.1, -0.05) is 6.07 Å². The Morgan fingerprint density at radius 1 is 1.39 bits per heavy atom. The number of amides is 1. The summed E-state index contributed by atoms with van der Waals surface area (Å²) in [5, 5.41) is 10.1. The summed E-state index contributed by atoms with van der Waals surface area (Å²) in [5.41, 5.74) is 1.64. The van der Waals surface area contributed by atoms with Crippen LogP contribution in [0, 0.1) is 0 Å². The molecule has 0 spiro atoms. The highest BCUT2D eigenvalue weighted by atomic mass is 32.1. The van der Waals surface area contributed by atoms with Crippen LogP contribution in [0.15, 0.2) is 41.9 Å². The smallest absolute Gasteiger partial charge is 0.265 e. The molecular weight excluding hydrogens is 246 g/mol. The highest BCUT2D eigenvalue weighted by molar-refractivity contribution is 7.12. The molecule has 4 nitrogen and oxygen atoms in total. The molecule has 0 bridgehead atoms. The zero-order valence-corrected chi connectivity index (χ0v) is 10.6. The Kier molecular flexibility index (Phi) is 2.60. The minimum atomic E-state index is -0.0831. The van der Waals surface area contributed by atoms with Gasteiger partial charge < -0.3 is 5.32 Å². The summed E-state index contributed by atoms with van der Waals surface area (Å²) in [7, 11) is 1.88. The minimum absolute atomic E-state index is 0.0831. The van der Waals surface area contributed by atoms with E-state index in [2.05, 4.69) is 10.4 Å². The molecule has 1 N–H and O–H groups in total. The van der Waals surface area contributed by atoms with Crippen LogP contribution >= 0.6 is 11.3 Å². The number of aryl methyl sites for hydroxylation is 1. The van der Waals surface area contributed by atoms with E-state index in [9.17, 15) is 4.79 Å². The molecule has 2 aromatic heterocycles. The van der Waals surface area contributed by atoms with Crippen molar-refractivity contribution in [2.45, 2.75) is 0 Å². The molecule has 0 atom stereocenters. The van der Waals surface area contributed by atoms with E-state index in [-0.39, 0.29) is 5.91 Å². The van der Waals surface area contributed by atoms with Crippen molar-refractivity contribution in [3.8, 4) is 0 Å². The predicted molar refractivity (Wildman–Crippen MR) is 73.0 cm³/mol. The number of carbonyl (C=O) groups excluding carboxylic acids is 1. The Balaban J connectivity index is 1.88. The molecular formula is C13H11N3OS. The quantitative estimate of drug-likeness (QED) is 0.767. The highest BCUT2D eigenvalue weighted by Gasteiger charge is 2.07. The maximum Gasteiger partial charge on any atom is 0.265 e. The number of nitrogens with zero attached hydrogens (tertiary/aromatic N) is 2. The van der Waals surface area contributed by atoms with Gasteiger partial charge in [-0.25, -0.2) is 0 Å². The number of rotatable bonds is 2. The maximum atomic E-state index is 11.9. The Morgan fingerprint density at radius 2 is 2.28 bits per heavy atom. The molecule has 18 heavy (non-hydrogen) atoms. The third kappa shape index (κ3) is 2.00. The summed E-state index contributed by atoms with van der Waals surface area (Å²) in [4.78, 5) is 12.6. The summed E-state index contributed by atoms with van der Waals surface area (Å²) < 4.78 is 1.76. The van der Waals surface area contributed by atoms with Crippen molar-refractivity contribution in [3.63, 3.8) is 0 Å². The number of anilines is 1. The summed E-state index contributed by atoms with van der Waals surface area (Å²) >= 11 is 1.43. The Bertz CT molecular complexity index is 700. The number of thiophene rings is 1. The first-order valence-electron chi connectivity index (χ1n) is 5.51. The van der Waals surface area contributed by atoms with Crippen molar-refractivity contribution in [1.29, 1.82) is 0 Å². The van der Waals surface area contributed by atoms with E-state index in [1.807, 2.05) is 42.9 Å². The van der Waals surface area contributed by atoms with E-state index in [0.717, 1.165) is 16.6 Å². The van der Waals surface area contributed by atoms with Gasteiger partial charge in [0.25, 0.3) is 5.91 Å². The Labute approximate surface area is 108 Å². The van der Waals surface area contributed by atoms with Gasteiger partial charge in [0.05, 0.1) is 10.4 Å². The van der Waals surface area contributed by atoms with Gasteiger partial charge in [-0.2, -0.15) is 5.10 Å². The van der Waals surface area contributed by atoms with Crippen LogP contribution in [0.5, 0.6) is 0 Å². The molecule has 3 aromatic rings. The first kappa shape index (κ1) is 11.0. The average molecular weight is 257 g/mol. The van der Waals surface area contributed by atoms with Crippen LogP contribution in [-0.4, -0.2) is 15.7 Å². The molecule has 3 rings (SSSR count). The van der Waals surface area contributed by atoms with Crippen LogP contribution in [0.4, 0.5) is 5.69 Å². The number of hydrogen-bond donors (Lipinski definition) is 1. The summed E-state index contributed by atoms with van der Waals surface area (Å²) in [6, 6.07) is 9.38. The van der Waals surface area contributed by atoms with Crippen molar-refractivity contribution in [3.05, 3.63) is 46.8 Å². The summed E-state index contributed by atoms with van der Waals surface area (Å²) in [6.45, 7) is 0. The van der Waals surface area contributed by atoms with Gasteiger partial charge in [0, 0.05) is 24.3 Å². The lowest BCUT2D eigenvalue weighted by Crippen LogP contribution is -2.09. The number of benzene rings is 1. The molecule has 1 amide bonds. The van der Waals surface area contributed by atoms with Crippen molar-refractivity contribution >= 4 is 33.8 Å². The second-order valence-electron chi connectivity index (χ2n) is 4.01. The summed E-state index contributed by atoms with van der Waals surface area (Å²) in [5.74, 6) is -0.0831. The number of aromatic nitrogens is 2. The van der Waals surface area contributed by atoms with Gasteiger partial charge >= 0.3 is 0 Å². The SMILES string of the molecule is Cn1cc2ccc(NC(=O)c3cccs3)cc2n1. The molecule has 0 radical (unpaired) electrons. The first-order chi connectivity index (χ1) is 8.72. The standard InChI is InChI=1S/C13H11N3OS/c1-16-8-9-4-5-10(7-11(9)15-16)14-13(17)12-3-2-6-18-12/h2-8H,1H3,(H,14,17). The zero-order valence-electron chi connectivity index (χ0n) is 9.75. The molecule has 1 aromatic carbocycles. The molecule has 2 heterocycles. The van der Waals surface area contributed by atoms with Crippen molar-refractivity contribution in [2.75, 3.05) is 5.32 Å². The van der Waals surface area contributed by atoms with Crippen LogP contribution in [0.25, 0.3) is 10.9 Å². The maximum absolute atomic E-state index is 11.9. The lowest BCUT2D eigenvalue weighted by molar-refractivity contribution is 0.103. The van der Waals surface area contributed by atoms with Gasteiger partial charge in [-0.3, -0.25) is 9.48 Å². The van der Waals surface area contributed by atoms with Gasteiger partial charge in [0.2, 0.25) is 0 Å². The second-order valence-corrected chi connectivity index (χ2v) is 4.96. The van der Waals surface area contributed by atoms with Crippen LogP contribution in [-0.2, 0) is 7.05 Å². The Morgan fingerprint density at radius 3 is 3.06 bits per heavy atom. The molecule has 0 aliphatic carbocycles. The van der Waals surface area contributed by atoms with Gasteiger partial charge in [-0.15, -0.1) is 11.3 Å². The number of hydrogen-bond acceptors (Lipinski definition) is 3. The fourth-order valence-corrected chi connectivity index (χ4v) is 2.44. The van der Waals surface area contributed by atoms with Gasteiger partial charge in [-0.05, 0) is 29.6 Å². The van der Waals surface area contributed by atoms with E-state index < -0.39 is 0 Å². The van der Waals surface area contributed by atoms with E-state index in [1.165, 1.54) is 11.3 Å². The van der Waals surface area contributed by atoms with Crippen molar-refractivity contribution in [1.82, 2.24) is 9.78 Å². The molecule has 0 aliphatic rings. The van der Waals surface area contributed by atoms with Gasteiger partial charge in [0.1, 0.15) is 0 Å². The zero-order chi connectivity index (χ0) is 12.5. The molecule has 0 saturated carbocycles. The summed E-state index contributed by atoms with van der Waals surface area (Å²) in [6.07, 6.45) is 1.94. The molecule has 0 saturated heterocycles. The first-order valence-corrected chi connectivity index (χ1v) is 6.38. The second kappa shape index (κ2) is 4.27. The molecule has 5 heteroatoms. The van der Waals surface area contributed by atoms with E-state index in [0.29, 0.717) is 4.88 Å². The number of carbonyl (C=O) groups is 1. The molecule has 0 aliphatic heterocycles. The topological polar surface area (TPSA) is 46.9 Å². The van der Waals surface area contributed by atoms with E-state index in [1.54, 1.807) is 10.7 Å². The predicted octanol–water partition coefficient (Wildman–Crippen LogP) is 2.89.